The number of aliphatic imine (C=N–C) groups is 1. The van der Waals surface area contributed by atoms with Crippen LogP contribution in [0.15, 0.2) is 21.8 Å². The van der Waals surface area contributed by atoms with Gasteiger partial charge in [0.2, 0.25) is 11.8 Å². The van der Waals surface area contributed by atoms with E-state index in [1.54, 1.807) is 0 Å². The van der Waals surface area contributed by atoms with E-state index >= 15 is 0 Å². The van der Waals surface area contributed by atoms with Crippen LogP contribution in [0.25, 0.3) is 6.08 Å². The number of H-pyrrole nitrogens is 1. The van der Waals surface area contributed by atoms with Crippen LogP contribution in [0.5, 0.6) is 0 Å². The van der Waals surface area contributed by atoms with Gasteiger partial charge < -0.3 is 25.1 Å². The van der Waals surface area contributed by atoms with E-state index in [1.165, 1.54) is 13.8 Å². The number of rotatable bonds is 8. The summed E-state index contributed by atoms with van der Waals surface area (Å²) in [5, 5.41) is 5.75. The summed E-state index contributed by atoms with van der Waals surface area (Å²) in [6.07, 6.45) is 4.94. The van der Waals surface area contributed by atoms with Gasteiger partial charge in [0.25, 0.3) is 0 Å². The van der Waals surface area contributed by atoms with Gasteiger partial charge >= 0.3 is 11.9 Å². The first-order valence-electron chi connectivity index (χ1n) is 23.0. The van der Waals surface area contributed by atoms with Gasteiger partial charge in [0.05, 0.1) is 5.70 Å². The topological polar surface area (TPSA) is 139 Å². The van der Waals surface area contributed by atoms with Crippen molar-refractivity contribution in [2.75, 3.05) is 5.32 Å². The van der Waals surface area contributed by atoms with Gasteiger partial charge in [-0.15, -0.1) is 0 Å². The summed E-state index contributed by atoms with van der Waals surface area (Å²) in [7, 11) is 0. The van der Waals surface area contributed by atoms with Gasteiger partial charge in [-0.05, 0) is 88.2 Å². The molecule has 0 saturated heterocycles. The number of hydrogen-bond donors (Lipinski definition) is 3. The summed E-state index contributed by atoms with van der Waals surface area (Å²) >= 11 is 0. The summed E-state index contributed by atoms with van der Waals surface area (Å²) in [5.41, 5.74) is 2.37. The molecule has 10 heteroatoms. The van der Waals surface area contributed by atoms with Gasteiger partial charge in [0.15, 0.2) is 0 Å². The maximum Gasteiger partial charge on any atom is 0.342 e. The Hall–Kier alpha value is -3.69. The fraction of sp³-hybridized carbons (Fsp3) is 0.745. The van der Waals surface area contributed by atoms with Gasteiger partial charge in [-0.2, -0.15) is 0 Å². The molecule has 2 amide bonds. The molecule has 1 aliphatic heterocycles. The zero-order valence-corrected chi connectivity index (χ0v) is 41.6. The highest BCUT2D eigenvalue weighted by molar-refractivity contribution is 6.25. The third kappa shape index (κ3) is 11.5. The molecule has 2 heterocycles. The second kappa shape index (κ2) is 18.2. The van der Waals surface area contributed by atoms with Gasteiger partial charge in [-0.3, -0.25) is 9.59 Å². The lowest BCUT2D eigenvalue weighted by molar-refractivity contribution is -0.164. The highest BCUT2D eigenvalue weighted by Gasteiger charge is 2.50. The van der Waals surface area contributed by atoms with Crippen LogP contribution in [-0.2, 0) is 23.9 Å². The molecular formula is C51H82N4O6. The highest BCUT2D eigenvalue weighted by Crippen LogP contribution is 2.52. The summed E-state index contributed by atoms with van der Waals surface area (Å²) < 4.78 is 13.5. The van der Waals surface area contributed by atoms with E-state index in [0.717, 1.165) is 25.7 Å². The van der Waals surface area contributed by atoms with Crippen molar-refractivity contribution < 1.29 is 28.7 Å². The molecule has 0 aromatic carbocycles. The van der Waals surface area contributed by atoms with Gasteiger partial charge in [-0.25, -0.2) is 14.6 Å². The predicted molar refractivity (Wildman–Crippen MR) is 248 cm³/mol. The zero-order valence-electron chi connectivity index (χ0n) is 41.6. The van der Waals surface area contributed by atoms with Crippen LogP contribution in [0.3, 0.4) is 0 Å². The van der Waals surface area contributed by atoms with Crippen molar-refractivity contribution in [3.8, 4) is 0 Å². The van der Waals surface area contributed by atoms with Crippen molar-refractivity contribution in [2.24, 2.45) is 68.1 Å². The molecule has 61 heavy (non-hydrogen) atoms. The fourth-order valence-corrected chi connectivity index (χ4v) is 10.6. The summed E-state index contributed by atoms with van der Waals surface area (Å²) in [5.74, 6) is -0.226. The number of nitrogens with zero attached hydrogens (tertiary/aromatic N) is 1. The standard InChI is InChI=1S/C51H82N4O6/c1-26(2)38-36(54-44(52-30(7)56)40(38)46(58)60-42-32(48(9,10)11)21-28(5)22-33(42)49(12,13)14)25-37-39(27(3)4)41(45(55-37)53-31(8)57)47(59)61-43-34(50(15,16)17)23-29(6)24-35(43)51(18,19)20/h25-29,32-35,42-43,54H,21-24H2,1-20H3,(H,52,56)(H,53,55,57)/b37-25-. The van der Waals surface area contributed by atoms with Crippen LogP contribution in [0, 0.1) is 63.1 Å². The Morgan fingerprint density at radius 2 is 1.03 bits per heavy atom. The lowest BCUT2D eigenvalue weighted by atomic mass is 9.59. The number of nitrogens with one attached hydrogen (secondary N) is 3. The molecule has 3 aliphatic rings. The number of carbonyl (C=O) groups excluding carboxylic acids is 4. The molecule has 3 N–H and O–H groups in total. The van der Waals surface area contributed by atoms with Crippen molar-refractivity contribution in [3.05, 3.63) is 33.7 Å². The first-order chi connectivity index (χ1) is 27.7. The van der Waals surface area contributed by atoms with Gasteiger partial charge in [0, 0.05) is 43.2 Å². The van der Waals surface area contributed by atoms with Crippen LogP contribution < -0.4 is 10.6 Å². The van der Waals surface area contributed by atoms with Gasteiger partial charge in [-0.1, -0.05) is 125 Å². The minimum Gasteiger partial charge on any atom is -0.458 e. The number of amidine groups is 1. The quantitative estimate of drug-likeness (QED) is 0.223. The van der Waals surface area contributed by atoms with E-state index in [9.17, 15) is 19.2 Å². The highest BCUT2D eigenvalue weighted by atomic mass is 16.5. The number of ether oxygens (including phenoxy) is 2. The molecule has 4 rings (SSSR count). The monoisotopic (exact) mass is 847 g/mol. The van der Waals surface area contributed by atoms with E-state index in [0.29, 0.717) is 34.4 Å². The number of anilines is 1. The third-order valence-electron chi connectivity index (χ3n) is 13.7. The second-order valence-electron chi connectivity index (χ2n) is 23.9. The predicted octanol–water partition coefficient (Wildman–Crippen LogP) is 11.9. The number of amides is 2. The molecule has 1 aromatic rings. The summed E-state index contributed by atoms with van der Waals surface area (Å²) in [6, 6.07) is 0. The maximum atomic E-state index is 14.8. The Labute approximate surface area is 368 Å². The third-order valence-corrected chi connectivity index (χ3v) is 13.7. The van der Waals surface area contributed by atoms with Crippen LogP contribution >= 0.6 is 0 Å². The zero-order chi connectivity index (χ0) is 46.5. The number of aromatic amines is 1. The lowest BCUT2D eigenvalue weighted by Gasteiger charge is -2.50. The SMILES string of the molecule is CC(=O)NC1=N/C(=C\c2[nH]c(NC(C)=O)c(C(=O)OC3C(C(C)(C)C)CC(C)CC3C(C)(C)C)c2C(C)C)C(C(C)C)=C1C(=O)OC1C(C(C)(C)C)CC(C)CC1C(C)(C)C. The smallest absolute Gasteiger partial charge is 0.342 e. The Morgan fingerprint density at radius 1 is 0.639 bits per heavy atom. The van der Waals surface area contributed by atoms with E-state index in [4.69, 9.17) is 14.5 Å². The maximum absolute atomic E-state index is 14.8. The fourth-order valence-electron chi connectivity index (χ4n) is 10.6. The molecule has 2 aliphatic carbocycles. The van der Waals surface area contributed by atoms with Crippen molar-refractivity contribution in [1.82, 2.24) is 10.3 Å². The molecule has 4 atom stereocenters. The average Bonchev–Trinajstić information content (AvgIpc) is 3.60. The van der Waals surface area contributed by atoms with Crippen LogP contribution in [-0.4, -0.2) is 46.8 Å². The molecule has 4 unspecified atom stereocenters. The van der Waals surface area contributed by atoms with Gasteiger partial charge in [0.1, 0.15) is 35.0 Å². The number of carbonyl (C=O) groups is 4. The molecule has 342 valence electrons. The van der Waals surface area contributed by atoms with E-state index in [2.05, 4.69) is 113 Å². The van der Waals surface area contributed by atoms with Crippen molar-refractivity contribution in [3.63, 3.8) is 0 Å². The Morgan fingerprint density at radius 3 is 1.38 bits per heavy atom. The van der Waals surface area contributed by atoms with E-state index in [1.807, 2.05) is 33.8 Å². The Bertz CT molecular complexity index is 1870. The number of allylic oxidation sites excluding steroid dienone is 1. The number of esters is 2. The largest absolute Gasteiger partial charge is 0.458 e. The Balaban J connectivity index is 1.92. The molecule has 2 saturated carbocycles. The van der Waals surface area contributed by atoms with E-state index in [-0.39, 0.29) is 104 Å². The van der Waals surface area contributed by atoms with Crippen LogP contribution in [0.2, 0.25) is 0 Å². The lowest BCUT2D eigenvalue weighted by Crippen LogP contribution is -2.50. The molecule has 1 aromatic heterocycles. The van der Waals surface area contributed by atoms with Crippen molar-refractivity contribution in [2.45, 2.75) is 182 Å². The second-order valence-corrected chi connectivity index (χ2v) is 23.9. The average molecular weight is 847 g/mol. The minimum absolute atomic E-state index is 0.112. The molecular weight excluding hydrogens is 765 g/mol. The molecule has 0 spiro atoms. The molecule has 2 fully saturated rings. The number of hydrogen-bond acceptors (Lipinski definition) is 7. The first kappa shape index (κ1) is 50.0. The summed E-state index contributed by atoms with van der Waals surface area (Å²) in [6.45, 7) is 42.1. The first-order valence-corrected chi connectivity index (χ1v) is 23.0. The van der Waals surface area contributed by atoms with Crippen molar-refractivity contribution in [1.29, 1.82) is 0 Å². The minimum atomic E-state index is -0.509. The molecule has 10 nitrogen and oxygen atoms in total. The molecule has 0 radical (unpaired) electrons. The molecule has 0 bridgehead atoms. The number of aromatic nitrogens is 1. The Kier molecular flexibility index (Phi) is 14.9. The van der Waals surface area contributed by atoms with E-state index < -0.39 is 11.9 Å². The van der Waals surface area contributed by atoms with Crippen LogP contribution in [0.4, 0.5) is 5.82 Å². The normalized spacial score (nSPS) is 27.4. The summed E-state index contributed by atoms with van der Waals surface area (Å²) in [4.78, 5) is 63.5. The van der Waals surface area contributed by atoms with Crippen molar-refractivity contribution >= 4 is 41.5 Å². The van der Waals surface area contributed by atoms with Crippen LogP contribution in [0.1, 0.15) is 192 Å².